The zero-order chi connectivity index (χ0) is 18.5. The van der Waals surface area contributed by atoms with Gasteiger partial charge in [0.1, 0.15) is 5.76 Å². The second-order valence-electron chi connectivity index (χ2n) is 7.54. The number of likely N-dealkylation sites (tertiary alicyclic amines) is 2. The number of guanidine groups is 1. The number of nitrogens with zero attached hydrogens (tertiary/aromatic N) is 3. The van der Waals surface area contributed by atoms with Gasteiger partial charge in [0.05, 0.1) is 12.3 Å². The van der Waals surface area contributed by atoms with Gasteiger partial charge in [0.2, 0.25) is 0 Å². The zero-order valence-corrected chi connectivity index (χ0v) is 16.2. The monoisotopic (exact) mass is 366 g/mol. The molecule has 144 valence electrons. The minimum atomic E-state index is 0.270. The van der Waals surface area contributed by atoms with E-state index in [1.165, 1.54) is 24.8 Å². The van der Waals surface area contributed by atoms with Crippen LogP contribution in [0.1, 0.15) is 42.5 Å². The smallest absolute Gasteiger partial charge is 0.193 e. The van der Waals surface area contributed by atoms with Crippen LogP contribution in [-0.2, 0) is 0 Å². The lowest BCUT2D eigenvalue weighted by atomic mass is 9.99. The number of rotatable bonds is 5. The zero-order valence-electron chi connectivity index (χ0n) is 16.2. The molecule has 0 amide bonds. The molecule has 0 radical (unpaired) electrons. The normalized spacial score (nSPS) is 22.3. The fourth-order valence-corrected chi connectivity index (χ4v) is 4.41. The highest BCUT2D eigenvalue weighted by Gasteiger charge is 2.29. The fraction of sp³-hybridized carbons (Fsp3) is 0.500. The largest absolute Gasteiger partial charge is 0.468 e. The van der Waals surface area contributed by atoms with Gasteiger partial charge in [0.25, 0.3) is 0 Å². The van der Waals surface area contributed by atoms with Crippen molar-refractivity contribution in [3.63, 3.8) is 0 Å². The van der Waals surface area contributed by atoms with Crippen LogP contribution in [0.5, 0.6) is 0 Å². The highest BCUT2D eigenvalue weighted by molar-refractivity contribution is 5.80. The Morgan fingerprint density at radius 2 is 1.96 bits per heavy atom. The Hall–Kier alpha value is -2.27. The summed E-state index contributed by atoms with van der Waals surface area (Å²) in [6.07, 6.45) is 5.50. The maximum atomic E-state index is 5.74. The van der Waals surface area contributed by atoms with Crippen LogP contribution in [0, 0.1) is 0 Å². The van der Waals surface area contributed by atoms with Crippen molar-refractivity contribution >= 4 is 5.96 Å². The van der Waals surface area contributed by atoms with E-state index >= 15 is 0 Å². The van der Waals surface area contributed by atoms with Gasteiger partial charge >= 0.3 is 0 Å². The number of hydrogen-bond donors (Lipinski definition) is 1. The molecular weight excluding hydrogens is 336 g/mol. The predicted octanol–water partition coefficient (Wildman–Crippen LogP) is 3.48. The summed E-state index contributed by atoms with van der Waals surface area (Å²) in [6, 6.07) is 15.2. The average Bonchev–Trinajstić information content (AvgIpc) is 3.49. The predicted molar refractivity (Wildman–Crippen MR) is 109 cm³/mol. The van der Waals surface area contributed by atoms with E-state index in [0.29, 0.717) is 5.92 Å². The van der Waals surface area contributed by atoms with Crippen molar-refractivity contribution in [2.45, 2.75) is 31.2 Å². The molecule has 2 aliphatic rings. The summed E-state index contributed by atoms with van der Waals surface area (Å²) >= 11 is 0. The van der Waals surface area contributed by atoms with E-state index in [2.05, 4.69) is 56.5 Å². The average molecular weight is 367 g/mol. The minimum Gasteiger partial charge on any atom is -0.468 e. The van der Waals surface area contributed by atoms with Crippen molar-refractivity contribution in [2.75, 3.05) is 39.8 Å². The molecule has 5 heteroatoms. The van der Waals surface area contributed by atoms with Crippen molar-refractivity contribution in [3.05, 3.63) is 60.1 Å². The second-order valence-corrected chi connectivity index (χ2v) is 7.54. The topological polar surface area (TPSA) is 44.0 Å². The van der Waals surface area contributed by atoms with E-state index in [4.69, 9.17) is 4.42 Å². The SMILES string of the molecule is CN=C(NCC(c1ccco1)N1CCCC1)N1CCC(c2ccccc2)C1. The molecule has 4 rings (SSSR count). The number of nitrogens with one attached hydrogen (secondary N) is 1. The molecule has 1 N–H and O–H groups in total. The summed E-state index contributed by atoms with van der Waals surface area (Å²) in [4.78, 5) is 9.47. The third-order valence-electron chi connectivity index (χ3n) is 5.88. The molecule has 0 saturated carbocycles. The van der Waals surface area contributed by atoms with Crippen LogP contribution in [0.4, 0.5) is 0 Å². The first-order valence-electron chi connectivity index (χ1n) is 10.1. The standard InChI is InChI=1S/C22H30N4O/c1-23-22(26-14-11-19(17-26)18-8-3-2-4-9-18)24-16-20(21-10-7-15-27-21)25-12-5-6-13-25/h2-4,7-10,15,19-20H,5-6,11-14,16-17H2,1H3,(H,23,24). The van der Waals surface area contributed by atoms with Crippen LogP contribution < -0.4 is 5.32 Å². The van der Waals surface area contributed by atoms with Crippen LogP contribution in [0.15, 0.2) is 58.1 Å². The molecular formula is C22H30N4O. The Labute approximate surface area is 162 Å². The third-order valence-corrected chi connectivity index (χ3v) is 5.88. The quantitative estimate of drug-likeness (QED) is 0.650. The first kappa shape index (κ1) is 18.1. The first-order chi connectivity index (χ1) is 13.3. The van der Waals surface area contributed by atoms with E-state index in [-0.39, 0.29) is 6.04 Å². The van der Waals surface area contributed by atoms with Gasteiger partial charge < -0.3 is 14.6 Å². The molecule has 2 aliphatic heterocycles. The molecule has 2 fully saturated rings. The van der Waals surface area contributed by atoms with Gasteiger partial charge in [0.15, 0.2) is 5.96 Å². The summed E-state index contributed by atoms with van der Waals surface area (Å²) in [6.45, 7) is 5.19. The lowest BCUT2D eigenvalue weighted by molar-refractivity contribution is 0.214. The van der Waals surface area contributed by atoms with Gasteiger partial charge in [-0.05, 0) is 50.0 Å². The van der Waals surface area contributed by atoms with Crippen LogP contribution in [0.2, 0.25) is 0 Å². The Bertz CT molecular complexity index is 722. The Morgan fingerprint density at radius 1 is 1.15 bits per heavy atom. The van der Waals surface area contributed by atoms with Crippen molar-refractivity contribution in [1.82, 2.24) is 15.1 Å². The van der Waals surface area contributed by atoms with Crippen molar-refractivity contribution in [3.8, 4) is 0 Å². The molecule has 0 spiro atoms. The molecule has 2 saturated heterocycles. The van der Waals surface area contributed by atoms with Crippen LogP contribution in [0.3, 0.4) is 0 Å². The maximum absolute atomic E-state index is 5.74. The van der Waals surface area contributed by atoms with Crippen LogP contribution in [-0.4, -0.2) is 55.5 Å². The Kier molecular flexibility index (Phi) is 5.78. The molecule has 0 aliphatic carbocycles. The van der Waals surface area contributed by atoms with Gasteiger partial charge in [-0.3, -0.25) is 9.89 Å². The van der Waals surface area contributed by atoms with E-state index < -0.39 is 0 Å². The number of benzene rings is 1. The van der Waals surface area contributed by atoms with Crippen LogP contribution >= 0.6 is 0 Å². The van der Waals surface area contributed by atoms with Gasteiger partial charge in [-0.2, -0.15) is 0 Å². The molecule has 3 heterocycles. The van der Waals surface area contributed by atoms with Crippen molar-refractivity contribution in [2.24, 2.45) is 4.99 Å². The molecule has 5 nitrogen and oxygen atoms in total. The van der Waals surface area contributed by atoms with E-state index in [1.807, 2.05) is 13.1 Å². The van der Waals surface area contributed by atoms with E-state index in [0.717, 1.165) is 44.4 Å². The summed E-state index contributed by atoms with van der Waals surface area (Å²) in [5.41, 5.74) is 1.43. The number of aliphatic imine (C=N–C) groups is 1. The molecule has 2 atom stereocenters. The lowest BCUT2D eigenvalue weighted by Gasteiger charge is -2.28. The van der Waals surface area contributed by atoms with Crippen LogP contribution in [0.25, 0.3) is 0 Å². The third kappa shape index (κ3) is 4.19. The second kappa shape index (κ2) is 8.61. The summed E-state index contributed by atoms with van der Waals surface area (Å²) in [5.74, 6) is 2.64. The molecule has 2 aromatic rings. The van der Waals surface area contributed by atoms with Crippen molar-refractivity contribution < 1.29 is 4.42 Å². The van der Waals surface area contributed by atoms with Crippen molar-refractivity contribution in [1.29, 1.82) is 0 Å². The molecule has 27 heavy (non-hydrogen) atoms. The fourth-order valence-electron chi connectivity index (χ4n) is 4.41. The van der Waals surface area contributed by atoms with Gasteiger partial charge in [-0.25, -0.2) is 0 Å². The molecule has 1 aromatic heterocycles. The van der Waals surface area contributed by atoms with Gasteiger partial charge in [-0.15, -0.1) is 0 Å². The summed E-state index contributed by atoms with van der Waals surface area (Å²) < 4.78 is 5.74. The minimum absolute atomic E-state index is 0.270. The number of hydrogen-bond acceptors (Lipinski definition) is 3. The highest BCUT2D eigenvalue weighted by Crippen LogP contribution is 2.28. The Morgan fingerprint density at radius 3 is 2.67 bits per heavy atom. The summed E-state index contributed by atoms with van der Waals surface area (Å²) in [7, 11) is 1.88. The van der Waals surface area contributed by atoms with Gasteiger partial charge in [-0.1, -0.05) is 30.3 Å². The number of furan rings is 1. The molecule has 1 aromatic carbocycles. The first-order valence-corrected chi connectivity index (χ1v) is 10.1. The summed E-state index contributed by atoms with van der Waals surface area (Å²) in [5, 5.41) is 3.62. The lowest BCUT2D eigenvalue weighted by Crippen LogP contribution is -2.44. The Balaban J connectivity index is 1.38. The maximum Gasteiger partial charge on any atom is 0.193 e. The highest BCUT2D eigenvalue weighted by atomic mass is 16.3. The molecule has 2 unspecified atom stereocenters. The van der Waals surface area contributed by atoms with Gasteiger partial charge in [0, 0.05) is 32.6 Å². The van der Waals surface area contributed by atoms with E-state index in [1.54, 1.807) is 6.26 Å². The molecule has 0 bridgehead atoms. The van der Waals surface area contributed by atoms with E-state index in [9.17, 15) is 0 Å².